The predicted octanol–water partition coefficient (Wildman–Crippen LogP) is 2.48. The van der Waals surface area contributed by atoms with Crippen LogP contribution in [-0.2, 0) is 0 Å². The predicted molar refractivity (Wildman–Crippen MR) is 53.6 cm³/mol. The first-order valence-electron chi connectivity index (χ1n) is 4.76. The highest BCUT2D eigenvalue weighted by Crippen LogP contribution is 2.28. The fraction of sp³-hybridized carbons (Fsp3) is 0.333. The van der Waals surface area contributed by atoms with E-state index < -0.39 is 0 Å². The van der Waals surface area contributed by atoms with Crippen molar-refractivity contribution in [3.63, 3.8) is 0 Å². The van der Waals surface area contributed by atoms with E-state index in [1.54, 1.807) is 0 Å². The Morgan fingerprint density at radius 1 is 1.00 bits per heavy atom. The van der Waals surface area contributed by atoms with Crippen LogP contribution in [0.25, 0.3) is 0 Å². The highest BCUT2D eigenvalue weighted by atomic mass is 16.3. The zero-order chi connectivity index (χ0) is 9.10. The first-order valence-corrected chi connectivity index (χ1v) is 4.76. The maximum absolute atomic E-state index is 9.77. The molecule has 68 valence electrons. The fourth-order valence-corrected chi connectivity index (χ4v) is 1.86. The maximum atomic E-state index is 9.77. The van der Waals surface area contributed by atoms with Gasteiger partial charge in [0.2, 0.25) is 0 Å². The van der Waals surface area contributed by atoms with Gasteiger partial charge in [0.05, 0.1) is 6.10 Å². The Balaban J connectivity index is 2.21. The summed E-state index contributed by atoms with van der Waals surface area (Å²) in [6.45, 7) is 0. The standard InChI is InChI=1S/C12H14O/c13-12-9-5-4-8-11(12)10-6-2-1-3-7-10/h1-7,11-13H,8-9H2/t11-,12+/m1/s1. The van der Waals surface area contributed by atoms with Crippen LogP contribution in [0, 0.1) is 0 Å². The number of aliphatic hydroxyl groups is 1. The Morgan fingerprint density at radius 3 is 2.38 bits per heavy atom. The first kappa shape index (κ1) is 8.52. The third kappa shape index (κ3) is 1.81. The van der Waals surface area contributed by atoms with Gasteiger partial charge in [0.15, 0.2) is 0 Å². The van der Waals surface area contributed by atoms with Gasteiger partial charge < -0.3 is 5.11 Å². The highest BCUT2D eigenvalue weighted by Gasteiger charge is 2.20. The molecule has 0 unspecified atom stereocenters. The summed E-state index contributed by atoms with van der Waals surface area (Å²) in [6, 6.07) is 10.2. The summed E-state index contributed by atoms with van der Waals surface area (Å²) >= 11 is 0. The molecule has 1 heteroatoms. The summed E-state index contributed by atoms with van der Waals surface area (Å²) in [5.74, 6) is 0.297. The lowest BCUT2D eigenvalue weighted by molar-refractivity contribution is 0.141. The average molecular weight is 174 g/mol. The number of aliphatic hydroxyl groups excluding tert-OH is 1. The summed E-state index contributed by atoms with van der Waals surface area (Å²) in [5.41, 5.74) is 1.25. The van der Waals surface area contributed by atoms with Crippen molar-refractivity contribution in [3.8, 4) is 0 Å². The summed E-state index contributed by atoms with van der Waals surface area (Å²) < 4.78 is 0. The van der Waals surface area contributed by atoms with Crippen molar-refractivity contribution in [1.29, 1.82) is 0 Å². The quantitative estimate of drug-likeness (QED) is 0.648. The molecular formula is C12H14O. The van der Waals surface area contributed by atoms with Gasteiger partial charge in [0, 0.05) is 5.92 Å². The Bertz CT molecular complexity index is 289. The lowest BCUT2D eigenvalue weighted by atomic mass is 9.85. The van der Waals surface area contributed by atoms with Gasteiger partial charge in [-0.1, -0.05) is 42.5 Å². The van der Waals surface area contributed by atoms with Crippen LogP contribution in [0.2, 0.25) is 0 Å². The van der Waals surface area contributed by atoms with Crippen LogP contribution < -0.4 is 0 Å². The summed E-state index contributed by atoms with van der Waals surface area (Å²) in [5, 5.41) is 9.77. The molecule has 0 fully saturated rings. The highest BCUT2D eigenvalue weighted by molar-refractivity contribution is 5.23. The molecule has 0 aliphatic heterocycles. The molecule has 0 saturated heterocycles. The van der Waals surface area contributed by atoms with Crippen LogP contribution in [0.4, 0.5) is 0 Å². The Hall–Kier alpha value is -1.08. The van der Waals surface area contributed by atoms with Crippen molar-refractivity contribution < 1.29 is 5.11 Å². The molecule has 1 N–H and O–H groups in total. The number of allylic oxidation sites excluding steroid dienone is 1. The van der Waals surface area contributed by atoms with Gasteiger partial charge >= 0.3 is 0 Å². The monoisotopic (exact) mass is 174 g/mol. The van der Waals surface area contributed by atoms with Gasteiger partial charge in [0.1, 0.15) is 0 Å². The third-order valence-electron chi connectivity index (χ3n) is 2.63. The molecule has 0 aromatic heterocycles. The van der Waals surface area contributed by atoms with Crippen molar-refractivity contribution >= 4 is 0 Å². The minimum absolute atomic E-state index is 0.201. The maximum Gasteiger partial charge on any atom is 0.0646 e. The van der Waals surface area contributed by atoms with E-state index in [2.05, 4.69) is 24.3 Å². The molecule has 1 aromatic rings. The van der Waals surface area contributed by atoms with Gasteiger partial charge in [-0.15, -0.1) is 0 Å². The van der Waals surface area contributed by atoms with Gasteiger partial charge in [-0.2, -0.15) is 0 Å². The van der Waals surface area contributed by atoms with Crippen LogP contribution in [0.5, 0.6) is 0 Å². The van der Waals surface area contributed by atoms with Crippen LogP contribution in [0.1, 0.15) is 24.3 Å². The van der Waals surface area contributed by atoms with Crippen LogP contribution >= 0.6 is 0 Å². The molecule has 1 aliphatic carbocycles. The molecule has 0 saturated carbocycles. The van der Waals surface area contributed by atoms with E-state index in [1.165, 1.54) is 5.56 Å². The summed E-state index contributed by atoms with van der Waals surface area (Å²) in [4.78, 5) is 0. The number of hydrogen-bond donors (Lipinski definition) is 1. The molecule has 1 aromatic carbocycles. The van der Waals surface area contributed by atoms with Gasteiger partial charge in [0.25, 0.3) is 0 Å². The van der Waals surface area contributed by atoms with Crippen LogP contribution in [0.3, 0.4) is 0 Å². The molecule has 1 nitrogen and oxygen atoms in total. The minimum Gasteiger partial charge on any atom is -0.392 e. The Kier molecular flexibility index (Phi) is 2.46. The van der Waals surface area contributed by atoms with Crippen LogP contribution in [-0.4, -0.2) is 11.2 Å². The molecule has 0 amide bonds. The zero-order valence-electron chi connectivity index (χ0n) is 7.56. The first-order chi connectivity index (χ1) is 6.38. The Labute approximate surface area is 78.7 Å². The van der Waals surface area contributed by atoms with Gasteiger partial charge in [-0.3, -0.25) is 0 Å². The average Bonchev–Trinajstić information content (AvgIpc) is 2.20. The molecule has 1 aliphatic rings. The minimum atomic E-state index is -0.201. The van der Waals surface area contributed by atoms with Crippen molar-refractivity contribution in [3.05, 3.63) is 48.0 Å². The third-order valence-corrected chi connectivity index (χ3v) is 2.63. The van der Waals surface area contributed by atoms with Crippen molar-refractivity contribution in [2.24, 2.45) is 0 Å². The Morgan fingerprint density at radius 2 is 1.69 bits per heavy atom. The van der Waals surface area contributed by atoms with E-state index in [0.717, 1.165) is 12.8 Å². The van der Waals surface area contributed by atoms with Crippen molar-refractivity contribution in [1.82, 2.24) is 0 Å². The molecule has 0 spiro atoms. The number of rotatable bonds is 1. The second kappa shape index (κ2) is 3.75. The molecule has 2 atom stereocenters. The van der Waals surface area contributed by atoms with Crippen molar-refractivity contribution in [2.75, 3.05) is 0 Å². The SMILES string of the molecule is O[C@H]1CC=CC[C@@H]1c1ccccc1. The van der Waals surface area contributed by atoms with E-state index in [-0.39, 0.29) is 6.10 Å². The second-order valence-corrected chi connectivity index (χ2v) is 3.53. The van der Waals surface area contributed by atoms with E-state index >= 15 is 0 Å². The molecule has 0 bridgehead atoms. The van der Waals surface area contributed by atoms with Gasteiger partial charge in [-0.25, -0.2) is 0 Å². The van der Waals surface area contributed by atoms with E-state index in [1.807, 2.05) is 18.2 Å². The molecular weight excluding hydrogens is 160 g/mol. The molecule has 13 heavy (non-hydrogen) atoms. The topological polar surface area (TPSA) is 20.2 Å². The van der Waals surface area contributed by atoms with Crippen molar-refractivity contribution in [2.45, 2.75) is 24.9 Å². The molecule has 2 rings (SSSR count). The summed E-state index contributed by atoms with van der Waals surface area (Å²) in [6.07, 6.45) is 5.77. The van der Waals surface area contributed by atoms with E-state index in [0.29, 0.717) is 5.92 Å². The lowest BCUT2D eigenvalue weighted by Gasteiger charge is -2.24. The normalized spacial score (nSPS) is 27.5. The fourth-order valence-electron chi connectivity index (χ4n) is 1.86. The van der Waals surface area contributed by atoms with E-state index in [4.69, 9.17) is 0 Å². The van der Waals surface area contributed by atoms with E-state index in [9.17, 15) is 5.11 Å². The second-order valence-electron chi connectivity index (χ2n) is 3.53. The lowest BCUT2D eigenvalue weighted by Crippen LogP contribution is -2.19. The number of benzene rings is 1. The number of hydrogen-bond acceptors (Lipinski definition) is 1. The zero-order valence-corrected chi connectivity index (χ0v) is 7.56. The van der Waals surface area contributed by atoms with Crippen LogP contribution in [0.15, 0.2) is 42.5 Å². The molecule has 0 heterocycles. The smallest absolute Gasteiger partial charge is 0.0646 e. The van der Waals surface area contributed by atoms with Gasteiger partial charge in [-0.05, 0) is 18.4 Å². The largest absolute Gasteiger partial charge is 0.392 e. The summed E-state index contributed by atoms with van der Waals surface area (Å²) in [7, 11) is 0. The molecule has 0 radical (unpaired) electrons.